The Labute approximate surface area is 90.8 Å². The number of aldehydes is 2. The number of rotatable bonds is 4. The molecule has 0 atom stereocenters. The van der Waals surface area contributed by atoms with Crippen LogP contribution in [0.5, 0.6) is 0 Å². The van der Waals surface area contributed by atoms with E-state index in [1.807, 2.05) is 12.2 Å². The van der Waals surface area contributed by atoms with E-state index in [1.54, 1.807) is 18.2 Å². The Morgan fingerprint density at radius 3 is 1.93 bits per heavy atom. The molecule has 1 aromatic rings. The van der Waals surface area contributed by atoms with Crippen molar-refractivity contribution in [3.63, 3.8) is 0 Å². The number of hydrogen-bond acceptors (Lipinski definition) is 2. The molecule has 2 nitrogen and oxygen atoms in total. The maximum absolute atomic E-state index is 10.6. The zero-order valence-electron chi connectivity index (χ0n) is 7.44. The predicted octanol–water partition coefficient (Wildman–Crippen LogP) is 2.72. The monoisotopic (exact) mass is 252 g/mol. The van der Waals surface area contributed by atoms with Gasteiger partial charge in [0.05, 0.1) is 0 Å². The maximum Gasteiger partial charge on any atom is 0.150 e. The normalized spacial score (nSPS) is 10.4. The molecule has 0 saturated carbocycles. The number of benzene rings is 1. The molecule has 0 N–H and O–H groups in total. The molecule has 0 amide bonds. The molecule has 0 spiro atoms. The Balaban J connectivity index is 3.10. The zero-order chi connectivity index (χ0) is 10.4. The van der Waals surface area contributed by atoms with Crippen LogP contribution in [-0.2, 0) is 0 Å². The lowest BCUT2D eigenvalue weighted by Crippen LogP contribution is -1.87. The lowest BCUT2D eigenvalue weighted by atomic mass is 10.1. The molecule has 0 unspecified atom stereocenters. The molecular weight excluding hydrogens is 244 g/mol. The van der Waals surface area contributed by atoms with Gasteiger partial charge in [0.1, 0.15) is 12.6 Å². The molecule has 0 bridgehead atoms. The third-order valence-electron chi connectivity index (χ3n) is 1.67. The molecule has 0 aliphatic heterocycles. The average Bonchev–Trinajstić information content (AvgIpc) is 2.25. The molecule has 1 rings (SSSR count). The van der Waals surface area contributed by atoms with Crippen molar-refractivity contribution >= 4 is 34.6 Å². The van der Waals surface area contributed by atoms with Gasteiger partial charge in [0.2, 0.25) is 0 Å². The summed E-state index contributed by atoms with van der Waals surface area (Å²) in [5.41, 5.74) is 1.89. The van der Waals surface area contributed by atoms with E-state index in [1.165, 1.54) is 0 Å². The van der Waals surface area contributed by atoms with E-state index < -0.39 is 0 Å². The molecule has 3 heteroatoms. The van der Waals surface area contributed by atoms with Crippen molar-refractivity contribution in [3.05, 3.63) is 41.0 Å². The Morgan fingerprint density at radius 2 is 1.50 bits per heavy atom. The molecule has 0 aliphatic carbocycles. The van der Waals surface area contributed by atoms with Crippen LogP contribution in [0.2, 0.25) is 0 Å². The fraction of sp³-hybridized carbons (Fsp3) is 0.0909. The van der Waals surface area contributed by atoms with Crippen LogP contribution in [0.3, 0.4) is 0 Å². The smallest absolute Gasteiger partial charge is 0.150 e. The molecule has 0 saturated heterocycles. The first-order chi connectivity index (χ1) is 6.80. The minimum absolute atomic E-state index is 0.517. The largest absolute Gasteiger partial charge is 0.298 e. The molecule has 0 fully saturated rings. The average molecular weight is 253 g/mol. The lowest BCUT2D eigenvalue weighted by molar-refractivity contribution is 0.112. The number of hydrogen-bond donors (Lipinski definition) is 0. The quantitative estimate of drug-likeness (QED) is 0.610. The van der Waals surface area contributed by atoms with Gasteiger partial charge in [-0.3, -0.25) is 9.59 Å². The summed E-state index contributed by atoms with van der Waals surface area (Å²) in [6, 6.07) is 5.03. The first-order valence-electron chi connectivity index (χ1n) is 4.08. The highest BCUT2D eigenvalue weighted by Crippen LogP contribution is 2.09. The number of halogens is 1. The molecule has 0 radical (unpaired) electrons. The van der Waals surface area contributed by atoms with Crippen molar-refractivity contribution in [3.8, 4) is 0 Å². The second kappa shape index (κ2) is 5.50. The van der Waals surface area contributed by atoms with Crippen molar-refractivity contribution in [2.24, 2.45) is 0 Å². The van der Waals surface area contributed by atoms with E-state index in [0.717, 1.165) is 23.5 Å². The number of carbonyl (C=O) groups is 2. The number of allylic oxidation sites excluding steroid dienone is 1. The Hall–Kier alpha value is -1.22. The van der Waals surface area contributed by atoms with Crippen molar-refractivity contribution in [1.82, 2.24) is 0 Å². The standard InChI is InChI=1S/C11H9BrO2/c12-3-1-2-9-4-10(7-13)6-11(5-9)8-14/h1-2,4-8H,3H2. The summed E-state index contributed by atoms with van der Waals surface area (Å²) in [7, 11) is 0. The summed E-state index contributed by atoms with van der Waals surface area (Å²) >= 11 is 3.25. The van der Waals surface area contributed by atoms with E-state index in [9.17, 15) is 9.59 Å². The zero-order valence-corrected chi connectivity index (χ0v) is 9.03. The lowest BCUT2D eigenvalue weighted by Gasteiger charge is -1.97. The van der Waals surface area contributed by atoms with E-state index in [0.29, 0.717) is 11.1 Å². The Morgan fingerprint density at radius 1 is 1.00 bits per heavy atom. The van der Waals surface area contributed by atoms with Crippen LogP contribution in [-0.4, -0.2) is 17.9 Å². The van der Waals surface area contributed by atoms with E-state index in [4.69, 9.17) is 0 Å². The molecule has 0 aliphatic rings. The van der Waals surface area contributed by atoms with Gasteiger partial charge in [-0.15, -0.1) is 0 Å². The van der Waals surface area contributed by atoms with Gasteiger partial charge < -0.3 is 0 Å². The van der Waals surface area contributed by atoms with Crippen LogP contribution in [0.15, 0.2) is 24.3 Å². The minimum atomic E-state index is 0.517. The van der Waals surface area contributed by atoms with Crippen LogP contribution < -0.4 is 0 Å². The van der Waals surface area contributed by atoms with Crippen LogP contribution in [0.4, 0.5) is 0 Å². The Bertz CT molecular complexity index is 343. The van der Waals surface area contributed by atoms with Gasteiger partial charge in [-0.25, -0.2) is 0 Å². The third-order valence-corrected chi connectivity index (χ3v) is 2.05. The molecule has 1 aromatic carbocycles. The topological polar surface area (TPSA) is 34.1 Å². The van der Waals surface area contributed by atoms with Gasteiger partial charge in [-0.1, -0.05) is 28.1 Å². The third kappa shape index (κ3) is 2.92. The molecule has 14 heavy (non-hydrogen) atoms. The highest BCUT2D eigenvalue weighted by Gasteiger charge is 1.97. The Kier molecular flexibility index (Phi) is 4.26. The van der Waals surface area contributed by atoms with E-state index >= 15 is 0 Å². The fourth-order valence-electron chi connectivity index (χ4n) is 1.12. The summed E-state index contributed by atoms with van der Waals surface area (Å²) in [4.78, 5) is 21.1. The SMILES string of the molecule is O=Cc1cc(C=O)cc(C=CCBr)c1. The first kappa shape index (κ1) is 10.9. The van der Waals surface area contributed by atoms with E-state index in [-0.39, 0.29) is 0 Å². The number of carbonyl (C=O) groups excluding carboxylic acids is 2. The van der Waals surface area contributed by atoms with Crippen molar-refractivity contribution in [2.45, 2.75) is 0 Å². The van der Waals surface area contributed by atoms with Crippen LogP contribution in [0, 0.1) is 0 Å². The first-order valence-corrected chi connectivity index (χ1v) is 5.20. The van der Waals surface area contributed by atoms with Gasteiger partial charge >= 0.3 is 0 Å². The summed E-state index contributed by atoms with van der Waals surface area (Å²) in [5, 5.41) is 0.745. The minimum Gasteiger partial charge on any atom is -0.298 e. The van der Waals surface area contributed by atoms with Gasteiger partial charge in [0.15, 0.2) is 0 Å². The van der Waals surface area contributed by atoms with Gasteiger partial charge in [-0.05, 0) is 23.8 Å². The summed E-state index contributed by atoms with van der Waals surface area (Å²) in [6.45, 7) is 0. The molecule has 0 heterocycles. The van der Waals surface area contributed by atoms with Gasteiger partial charge in [-0.2, -0.15) is 0 Å². The van der Waals surface area contributed by atoms with Crippen molar-refractivity contribution in [1.29, 1.82) is 0 Å². The van der Waals surface area contributed by atoms with Crippen molar-refractivity contribution in [2.75, 3.05) is 5.33 Å². The fourth-order valence-corrected chi connectivity index (χ4v) is 1.30. The maximum atomic E-state index is 10.6. The number of alkyl halides is 1. The van der Waals surface area contributed by atoms with Gasteiger partial charge in [0, 0.05) is 16.5 Å². The van der Waals surface area contributed by atoms with Crippen LogP contribution >= 0.6 is 15.9 Å². The van der Waals surface area contributed by atoms with Crippen LogP contribution in [0.25, 0.3) is 6.08 Å². The molecule has 72 valence electrons. The highest BCUT2D eigenvalue weighted by atomic mass is 79.9. The summed E-state index contributed by atoms with van der Waals surface area (Å²) in [5.74, 6) is 0. The van der Waals surface area contributed by atoms with Crippen LogP contribution in [0.1, 0.15) is 26.3 Å². The summed E-state index contributed by atoms with van der Waals surface area (Å²) < 4.78 is 0. The van der Waals surface area contributed by atoms with Gasteiger partial charge in [0.25, 0.3) is 0 Å². The van der Waals surface area contributed by atoms with Crippen molar-refractivity contribution < 1.29 is 9.59 Å². The highest BCUT2D eigenvalue weighted by molar-refractivity contribution is 9.09. The summed E-state index contributed by atoms with van der Waals surface area (Å²) in [6.07, 6.45) is 5.23. The predicted molar refractivity (Wildman–Crippen MR) is 60.0 cm³/mol. The van der Waals surface area contributed by atoms with E-state index in [2.05, 4.69) is 15.9 Å². The second-order valence-electron chi connectivity index (χ2n) is 2.73. The molecular formula is C11H9BrO2. The molecule has 0 aromatic heterocycles. The second-order valence-corrected chi connectivity index (χ2v) is 3.37.